The fourth-order valence-electron chi connectivity index (χ4n) is 3.37. The topological polar surface area (TPSA) is 82.5 Å². The number of halogens is 1. The van der Waals surface area contributed by atoms with Crippen LogP contribution in [0.5, 0.6) is 0 Å². The average molecular weight is 632 g/mol. The predicted molar refractivity (Wildman–Crippen MR) is 163 cm³/mol. The first-order valence-electron chi connectivity index (χ1n) is 12.9. The van der Waals surface area contributed by atoms with Crippen molar-refractivity contribution in [2.45, 2.75) is 120 Å². The molecule has 2 rings (SSSR count). The molecule has 1 N–H and O–H groups in total. The van der Waals surface area contributed by atoms with Gasteiger partial charge in [-0.2, -0.15) is 0 Å². The van der Waals surface area contributed by atoms with Gasteiger partial charge in [0.1, 0.15) is 19.0 Å². The van der Waals surface area contributed by atoms with Crippen LogP contribution in [0.25, 0.3) is 0 Å². The molecule has 1 aromatic heterocycles. The highest BCUT2D eigenvalue weighted by Gasteiger charge is 2.58. The summed E-state index contributed by atoms with van der Waals surface area (Å²) in [6, 6.07) is 1.32. The van der Waals surface area contributed by atoms with Gasteiger partial charge in [0.25, 0.3) is 5.56 Å². The fourth-order valence-corrected chi connectivity index (χ4v) is 7.35. The maximum atomic E-state index is 13.1. The minimum atomic E-state index is -2.25. The number of alkyl halides is 1. The Kier molecular flexibility index (Phi) is 9.36. The zero-order valence-corrected chi connectivity index (χ0v) is 29.5. The molecule has 1 fully saturated rings. The maximum absolute atomic E-state index is 13.1. The van der Waals surface area contributed by atoms with E-state index in [0.29, 0.717) is 6.61 Å². The van der Waals surface area contributed by atoms with Crippen molar-refractivity contribution in [3.8, 4) is 11.5 Å². The quantitative estimate of drug-likeness (QED) is 0.250. The number of nitrogens with one attached hydrogen (secondary N) is 1. The van der Waals surface area contributed by atoms with Gasteiger partial charge in [-0.05, 0) is 36.3 Å². The second-order valence-electron chi connectivity index (χ2n) is 14.1. The van der Waals surface area contributed by atoms with Gasteiger partial charge >= 0.3 is 5.69 Å². The van der Waals surface area contributed by atoms with Crippen molar-refractivity contribution in [3.63, 3.8) is 0 Å². The molecule has 2 heterocycles. The number of nitrogens with zero attached hydrogens (tertiary/aromatic N) is 1. The van der Waals surface area contributed by atoms with Crippen LogP contribution in [0.15, 0.2) is 21.9 Å². The lowest BCUT2D eigenvalue weighted by molar-refractivity contribution is -0.0793. The lowest BCUT2D eigenvalue weighted by Crippen LogP contribution is -2.52. The summed E-state index contributed by atoms with van der Waals surface area (Å²) >= 11 is 3.89. The molecule has 0 radical (unpaired) electrons. The van der Waals surface area contributed by atoms with E-state index in [1.165, 1.54) is 16.8 Å². The van der Waals surface area contributed by atoms with Crippen molar-refractivity contribution in [2.24, 2.45) is 0 Å². The van der Waals surface area contributed by atoms with Gasteiger partial charge < -0.3 is 13.6 Å². The summed E-state index contributed by atoms with van der Waals surface area (Å²) in [4.78, 5) is 26.9. The van der Waals surface area contributed by atoms with E-state index in [1.807, 2.05) is 0 Å². The molecular weight excluding hydrogens is 584 g/mol. The summed E-state index contributed by atoms with van der Waals surface area (Å²) in [5.74, 6) is 3.35. The summed E-state index contributed by atoms with van der Waals surface area (Å²) < 4.78 is 21.8. The lowest BCUT2D eigenvalue weighted by atomic mass is 10.1. The van der Waals surface area contributed by atoms with Crippen LogP contribution in [0, 0.1) is 11.5 Å². The SMILES string of the molecule is CC(C)(C)[Si](C)(C)OC[C@H]1O[C@@](C#C[Si](C)(C)C)(n2ccc(=O)[nH]c2=O)[C@@H](Br)[C@@H]1O[Si](C)(C)C(C)(C)C. The van der Waals surface area contributed by atoms with Crippen LogP contribution in [-0.4, -0.2) is 57.9 Å². The van der Waals surface area contributed by atoms with E-state index >= 15 is 0 Å². The molecule has 210 valence electrons. The van der Waals surface area contributed by atoms with Crippen molar-refractivity contribution in [1.29, 1.82) is 0 Å². The largest absolute Gasteiger partial charge is 0.414 e. The standard InChI is InChI=1S/C26H47BrN2O5Si3/c1-24(2,3)36(10,11)32-18-19-21(34-37(12,13)25(4,5)6)22(27)26(33-19,15-17-35(7,8)9)29-16-14-20(30)28-23(29)31/h14,16,19,21-22H,18H2,1-13H3,(H,28,30,31)/t19-,21-,22+,26-/m1/s1. The maximum Gasteiger partial charge on any atom is 0.331 e. The molecule has 0 saturated carbocycles. The summed E-state index contributed by atoms with van der Waals surface area (Å²) in [6.45, 7) is 28.8. The van der Waals surface area contributed by atoms with E-state index < -0.39 is 58.7 Å². The van der Waals surface area contributed by atoms with Gasteiger partial charge in [-0.3, -0.25) is 14.3 Å². The van der Waals surface area contributed by atoms with Gasteiger partial charge in [0, 0.05) is 12.3 Å². The van der Waals surface area contributed by atoms with Crippen LogP contribution in [0.1, 0.15) is 41.5 Å². The Labute approximate surface area is 234 Å². The highest BCUT2D eigenvalue weighted by Crippen LogP contribution is 2.46. The molecule has 0 aliphatic carbocycles. The van der Waals surface area contributed by atoms with Crippen LogP contribution in [-0.2, 0) is 19.3 Å². The van der Waals surface area contributed by atoms with Crippen LogP contribution >= 0.6 is 15.9 Å². The van der Waals surface area contributed by atoms with Gasteiger partial charge in [-0.1, -0.05) is 83.0 Å². The third kappa shape index (κ3) is 7.26. The van der Waals surface area contributed by atoms with Crippen LogP contribution in [0.2, 0.25) is 55.9 Å². The second kappa shape index (κ2) is 10.7. The smallest absolute Gasteiger partial charge is 0.331 e. The highest BCUT2D eigenvalue weighted by molar-refractivity contribution is 9.09. The van der Waals surface area contributed by atoms with Crippen LogP contribution < -0.4 is 11.2 Å². The Hall–Kier alpha value is -0.749. The van der Waals surface area contributed by atoms with Gasteiger partial charge in [0.15, 0.2) is 16.6 Å². The first-order chi connectivity index (χ1) is 16.4. The molecule has 1 aliphatic rings. The average Bonchev–Trinajstić information content (AvgIpc) is 2.95. The molecule has 0 unspecified atom stereocenters. The Bertz CT molecular complexity index is 1150. The first-order valence-corrected chi connectivity index (χ1v) is 23.2. The van der Waals surface area contributed by atoms with E-state index in [0.717, 1.165) is 0 Å². The Balaban J connectivity index is 2.71. The molecule has 4 atom stereocenters. The van der Waals surface area contributed by atoms with Crippen molar-refractivity contribution in [2.75, 3.05) is 6.61 Å². The van der Waals surface area contributed by atoms with Gasteiger partial charge in [0.05, 0.1) is 12.7 Å². The molecular formula is C26H47BrN2O5Si3. The minimum absolute atomic E-state index is 0.0276. The fraction of sp³-hybridized carbons (Fsp3) is 0.769. The molecule has 37 heavy (non-hydrogen) atoms. The zero-order valence-electron chi connectivity index (χ0n) is 25.0. The van der Waals surface area contributed by atoms with Crippen molar-refractivity contribution < 1.29 is 13.6 Å². The molecule has 7 nitrogen and oxygen atoms in total. The number of H-pyrrole nitrogens is 1. The Morgan fingerprint density at radius 1 is 1.03 bits per heavy atom. The van der Waals surface area contributed by atoms with E-state index in [-0.39, 0.29) is 10.1 Å². The summed E-state index contributed by atoms with van der Waals surface area (Å²) in [5, 5.41) is -0.00555. The third-order valence-electron chi connectivity index (χ3n) is 7.81. The molecule has 11 heteroatoms. The Morgan fingerprint density at radius 3 is 2.03 bits per heavy atom. The molecule has 0 aromatic carbocycles. The number of aromatic amines is 1. The lowest BCUT2D eigenvalue weighted by Gasteiger charge is -2.41. The number of hydrogen-bond acceptors (Lipinski definition) is 5. The number of rotatable bonds is 6. The van der Waals surface area contributed by atoms with E-state index in [1.54, 1.807) is 0 Å². The highest BCUT2D eigenvalue weighted by atomic mass is 79.9. The van der Waals surface area contributed by atoms with Crippen molar-refractivity contribution >= 4 is 40.6 Å². The zero-order chi connectivity index (χ0) is 28.8. The molecule has 0 amide bonds. The minimum Gasteiger partial charge on any atom is -0.414 e. The monoisotopic (exact) mass is 630 g/mol. The Morgan fingerprint density at radius 2 is 1.57 bits per heavy atom. The summed E-state index contributed by atoms with van der Waals surface area (Å²) in [5.41, 5.74) is 1.01. The molecule has 1 aromatic rings. The van der Waals surface area contributed by atoms with Gasteiger partial charge in [-0.15, -0.1) is 5.54 Å². The molecule has 1 saturated heterocycles. The molecule has 1 aliphatic heterocycles. The van der Waals surface area contributed by atoms with Gasteiger partial charge in [0.2, 0.25) is 5.72 Å². The predicted octanol–water partition coefficient (Wildman–Crippen LogP) is 5.64. The summed E-state index contributed by atoms with van der Waals surface area (Å²) in [6.07, 6.45) is 0.581. The third-order valence-corrected chi connectivity index (χ3v) is 18.8. The van der Waals surface area contributed by atoms with Crippen molar-refractivity contribution in [3.05, 3.63) is 33.1 Å². The first kappa shape index (κ1) is 32.5. The van der Waals surface area contributed by atoms with Crippen LogP contribution in [0.3, 0.4) is 0 Å². The molecule has 0 spiro atoms. The van der Waals surface area contributed by atoms with E-state index in [4.69, 9.17) is 13.6 Å². The van der Waals surface area contributed by atoms with Crippen LogP contribution in [0.4, 0.5) is 0 Å². The number of aromatic nitrogens is 2. The number of ether oxygens (including phenoxy) is 1. The van der Waals surface area contributed by atoms with Gasteiger partial charge in [-0.25, -0.2) is 4.79 Å². The van der Waals surface area contributed by atoms with E-state index in [2.05, 4.69) is 120 Å². The van der Waals surface area contributed by atoms with E-state index in [9.17, 15) is 9.59 Å². The van der Waals surface area contributed by atoms with Crippen molar-refractivity contribution in [1.82, 2.24) is 9.55 Å². The second-order valence-corrected chi connectivity index (χ2v) is 29.5. The normalized spacial score (nSPS) is 25.6. The summed E-state index contributed by atoms with van der Waals surface area (Å²) in [7, 11) is -6.21. The molecule has 0 bridgehead atoms. The number of hydrogen-bond donors (Lipinski definition) is 1.